The standard InChI is InChI=1S/C13H19NO3/c1-3-16-12(9-13(15)17-4-2)10-5-7-11(14)8-6-10/h5-8,12H,3-4,9,14H2,1-2H3/t12-/m0/s1. The van der Waals surface area contributed by atoms with E-state index in [1.54, 1.807) is 19.1 Å². The van der Waals surface area contributed by atoms with Gasteiger partial charge in [-0.3, -0.25) is 4.79 Å². The fraction of sp³-hybridized carbons (Fsp3) is 0.462. The van der Waals surface area contributed by atoms with E-state index in [0.717, 1.165) is 5.56 Å². The van der Waals surface area contributed by atoms with E-state index in [-0.39, 0.29) is 18.5 Å². The van der Waals surface area contributed by atoms with Crippen molar-refractivity contribution in [2.45, 2.75) is 26.4 Å². The summed E-state index contributed by atoms with van der Waals surface area (Å²) in [7, 11) is 0. The molecule has 0 aliphatic carbocycles. The molecule has 1 aromatic carbocycles. The van der Waals surface area contributed by atoms with Crippen molar-refractivity contribution in [3.05, 3.63) is 29.8 Å². The third-order valence-electron chi connectivity index (χ3n) is 2.33. The van der Waals surface area contributed by atoms with E-state index < -0.39 is 0 Å². The lowest BCUT2D eigenvalue weighted by atomic mass is 10.1. The zero-order valence-electron chi connectivity index (χ0n) is 10.3. The highest BCUT2D eigenvalue weighted by molar-refractivity contribution is 5.70. The minimum absolute atomic E-state index is 0.228. The first-order valence-electron chi connectivity index (χ1n) is 5.80. The Labute approximate surface area is 102 Å². The van der Waals surface area contributed by atoms with Crippen LogP contribution < -0.4 is 5.73 Å². The van der Waals surface area contributed by atoms with Gasteiger partial charge in [0.15, 0.2) is 0 Å². The number of benzene rings is 1. The maximum Gasteiger partial charge on any atom is 0.308 e. The Morgan fingerprint density at radius 2 is 1.88 bits per heavy atom. The van der Waals surface area contributed by atoms with Gasteiger partial charge in [0.25, 0.3) is 0 Å². The van der Waals surface area contributed by atoms with Crippen LogP contribution in [0.2, 0.25) is 0 Å². The van der Waals surface area contributed by atoms with Crippen molar-refractivity contribution in [2.24, 2.45) is 0 Å². The number of rotatable bonds is 6. The molecule has 0 fully saturated rings. The number of esters is 1. The smallest absolute Gasteiger partial charge is 0.308 e. The molecule has 94 valence electrons. The monoisotopic (exact) mass is 237 g/mol. The normalized spacial score (nSPS) is 12.1. The summed E-state index contributed by atoms with van der Waals surface area (Å²) >= 11 is 0. The van der Waals surface area contributed by atoms with Gasteiger partial charge in [0, 0.05) is 12.3 Å². The molecule has 0 aromatic heterocycles. The highest BCUT2D eigenvalue weighted by Crippen LogP contribution is 2.22. The van der Waals surface area contributed by atoms with E-state index in [1.807, 2.05) is 19.1 Å². The van der Waals surface area contributed by atoms with Gasteiger partial charge in [0.1, 0.15) is 0 Å². The van der Waals surface area contributed by atoms with Gasteiger partial charge in [-0.1, -0.05) is 12.1 Å². The lowest BCUT2D eigenvalue weighted by Gasteiger charge is -2.16. The number of carbonyl (C=O) groups is 1. The van der Waals surface area contributed by atoms with Crippen LogP contribution in [0.5, 0.6) is 0 Å². The summed E-state index contributed by atoms with van der Waals surface area (Å²) in [6.07, 6.45) is -0.0364. The fourth-order valence-corrected chi connectivity index (χ4v) is 1.56. The second kappa shape index (κ2) is 6.91. The van der Waals surface area contributed by atoms with Crippen LogP contribution >= 0.6 is 0 Å². The third-order valence-corrected chi connectivity index (χ3v) is 2.33. The Morgan fingerprint density at radius 1 is 1.24 bits per heavy atom. The van der Waals surface area contributed by atoms with Crippen LogP contribution in [0.1, 0.15) is 31.9 Å². The van der Waals surface area contributed by atoms with Crippen LogP contribution in [0.15, 0.2) is 24.3 Å². The minimum atomic E-state index is -0.264. The minimum Gasteiger partial charge on any atom is -0.466 e. The molecule has 0 radical (unpaired) electrons. The summed E-state index contributed by atoms with van der Waals surface area (Å²) in [4.78, 5) is 11.4. The Balaban J connectivity index is 2.71. The molecule has 0 heterocycles. The average Bonchev–Trinajstić information content (AvgIpc) is 2.30. The molecule has 1 aromatic rings. The summed E-state index contributed by atoms with van der Waals surface area (Å²) in [6, 6.07) is 7.34. The van der Waals surface area contributed by atoms with Gasteiger partial charge >= 0.3 is 5.97 Å². The van der Waals surface area contributed by atoms with E-state index >= 15 is 0 Å². The number of ether oxygens (including phenoxy) is 2. The number of anilines is 1. The molecule has 17 heavy (non-hydrogen) atoms. The van der Waals surface area contributed by atoms with E-state index in [4.69, 9.17) is 15.2 Å². The maximum atomic E-state index is 11.4. The lowest BCUT2D eigenvalue weighted by molar-refractivity contribution is -0.146. The van der Waals surface area contributed by atoms with Crippen molar-refractivity contribution in [3.8, 4) is 0 Å². The molecule has 0 saturated carbocycles. The number of hydrogen-bond acceptors (Lipinski definition) is 4. The Hall–Kier alpha value is -1.55. The van der Waals surface area contributed by atoms with E-state index in [2.05, 4.69) is 0 Å². The molecule has 0 unspecified atom stereocenters. The topological polar surface area (TPSA) is 61.5 Å². The first-order valence-corrected chi connectivity index (χ1v) is 5.80. The quantitative estimate of drug-likeness (QED) is 0.609. The van der Waals surface area contributed by atoms with Crippen LogP contribution in [0, 0.1) is 0 Å². The van der Waals surface area contributed by atoms with Gasteiger partial charge < -0.3 is 15.2 Å². The molecule has 0 bridgehead atoms. The van der Waals surface area contributed by atoms with Gasteiger partial charge in [0.2, 0.25) is 0 Å². The van der Waals surface area contributed by atoms with Crippen LogP contribution in [0.4, 0.5) is 5.69 Å². The lowest BCUT2D eigenvalue weighted by Crippen LogP contribution is -2.13. The van der Waals surface area contributed by atoms with Gasteiger partial charge in [-0.25, -0.2) is 0 Å². The second-order valence-corrected chi connectivity index (χ2v) is 3.62. The SMILES string of the molecule is CCOC(=O)C[C@H](OCC)c1ccc(N)cc1. The molecule has 2 N–H and O–H groups in total. The van der Waals surface area contributed by atoms with Gasteiger partial charge in [-0.15, -0.1) is 0 Å². The molecule has 0 aliphatic rings. The van der Waals surface area contributed by atoms with E-state index in [9.17, 15) is 4.79 Å². The molecule has 0 saturated heterocycles. The van der Waals surface area contributed by atoms with Crippen LogP contribution in [-0.4, -0.2) is 19.2 Å². The van der Waals surface area contributed by atoms with Crippen LogP contribution in [0.25, 0.3) is 0 Å². The molecule has 0 amide bonds. The van der Waals surface area contributed by atoms with Crippen LogP contribution in [-0.2, 0) is 14.3 Å². The molecule has 1 atom stereocenters. The largest absolute Gasteiger partial charge is 0.466 e. The average molecular weight is 237 g/mol. The number of hydrogen-bond donors (Lipinski definition) is 1. The highest BCUT2D eigenvalue weighted by Gasteiger charge is 2.16. The van der Waals surface area contributed by atoms with E-state index in [1.165, 1.54) is 0 Å². The zero-order chi connectivity index (χ0) is 12.7. The molecule has 0 spiro atoms. The second-order valence-electron chi connectivity index (χ2n) is 3.62. The molecular weight excluding hydrogens is 218 g/mol. The summed E-state index contributed by atoms with van der Waals surface area (Å²) in [5.74, 6) is -0.247. The summed E-state index contributed by atoms with van der Waals surface area (Å²) < 4.78 is 10.5. The fourth-order valence-electron chi connectivity index (χ4n) is 1.56. The first kappa shape index (κ1) is 13.5. The summed E-state index contributed by atoms with van der Waals surface area (Å²) in [6.45, 7) is 4.63. The number of nitrogen functional groups attached to an aromatic ring is 1. The number of carbonyl (C=O) groups excluding carboxylic acids is 1. The van der Waals surface area contributed by atoms with Crippen molar-refractivity contribution in [1.29, 1.82) is 0 Å². The molecule has 4 heteroatoms. The highest BCUT2D eigenvalue weighted by atomic mass is 16.5. The first-order chi connectivity index (χ1) is 8.17. The van der Waals surface area contributed by atoms with E-state index in [0.29, 0.717) is 18.9 Å². The van der Waals surface area contributed by atoms with Crippen molar-refractivity contribution in [2.75, 3.05) is 18.9 Å². The summed E-state index contributed by atoms with van der Waals surface area (Å²) in [5, 5.41) is 0. The predicted molar refractivity (Wildman–Crippen MR) is 66.5 cm³/mol. The van der Waals surface area contributed by atoms with Crippen molar-refractivity contribution < 1.29 is 14.3 Å². The van der Waals surface area contributed by atoms with Crippen LogP contribution in [0.3, 0.4) is 0 Å². The molecule has 1 rings (SSSR count). The maximum absolute atomic E-state index is 11.4. The molecule has 0 aliphatic heterocycles. The predicted octanol–water partition coefficient (Wildman–Crippen LogP) is 2.30. The van der Waals surface area contributed by atoms with Crippen molar-refractivity contribution in [1.82, 2.24) is 0 Å². The molecular formula is C13H19NO3. The Kier molecular flexibility index (Phi) is 5.49. The zero-order valence-corrected chi connectivity index (χ0v) is 10.3. The Morgan fingerprint density at radius 3 is 2.41 bits per heavy atom. The van der Waals surface area contributed by atoms with Crippen molar-refractivity contribution in [3.63, 3.8) is 0 Å². The number of nitrogens with two attached hydrogens (primary N) is 1. The Bertz CT molecular complexity index is 348. The molecule has 4 nitrogen and oxygen atoms in total. The van der Waals surface area contributed by atoms with Gasteiger partial charge in [0.05, 0.1) is 19.1 Å². The third kappa shape index (κ3) is 4.44. The van der Waals surface area contributed by atoms with Gasteiger partial charge in [-0.2, -0.15) is 0 Å². The van der Waals surface area contributed by atoms with Gasteiger partial charge in [-0.05, 0) is 31.5 Å². The van der Waals surface area contributed by atoms with Crippen molar-refractivity contribution >= 4 is 11.7 Å². The summed E-state index contributed by atoms with van der Waals surface area (Å²) in [5.41, 5.74) is 7.25.